The number of nitrogens with one attached hydrogen (secondary N) is 2. The van der Waals surface area contributed by atoms with Crippen molar-refractivity contribution in [1.82, 2.24) is 5.32 Å². The van der Waals surface area contributed by atoms with Crippen LogP contribution >= 0.6 is 12.4 Å². The Morgan fingerprint density at radius 2 is 1.50 bits per heavy atom. The van der Waals surface area contributed by atoms with Gasteiger partial charge in [0.05, 0.1) is 0 Å². The molecule has 2 amide bonds. The normalized spacial score (nSPS) is 11.4. The van der Waals surface area contributed by atoms with Gasteiger partial charge in [0.1, 0.15) is 0 Å². The predicted octanol–water partition coefficient (Wildman–Crippen LogP) is 3.46. The van der Waals surface area contributed by atoms with E-state index < -0.39 is 0 Å². The fourth-order valence-electron chi connectivity index (χ4n) is 2.55. The highest BCUT2D eigenvalue weighted by Gasteiger charge is 2.14. The van der Waals surface area contributed by atoms with E-state index in [2.05, 4.69) is 24.5 Å². The lowest BCUT2D eigenvalue weighted by atomic mass is 10.0. The van der Waals surface area contributed by atoms with Gasteiger partial charge in [0, 0.05) is 29.4 Å². The van der Waals surface area contributed by atoms with Gasteiger partial charge in [-0.1, -0.05) is 32.0 Å². The molecule has 6 heteroatoms. The summed E-state index contributed by atoms with van der Waals surface area (Å²) in [5.41, 5.74) is 7.49. The molecule has 0 radical (unpaired) electrons. The van der Waals surface area contributed by atoms with Crippen LogP contribution in [0.15, 0.2) is 54.6 Å². The summed E-state index contributed by atoms with van der Waals surface area (Å²) in [5.74, 6) is 0.124. The zero-order valence-electron chi connectivity index (χ0n) is 15.1. The lowest BCUT2D eigenvalue weighted by Gasteiger charge is -2.18. The van der Waals surface area contributed by atoms with Gasteiger partial charge in [-0.25, -0.2) is 0 Å². The third kappa shape index (κ3) is 6.50. The predicted molar refractivity (Wildman–Crippen MR) is 108 cm³/mol. The minimum atomic E-state index is -0.182. The second-order valence-corrected chi connectivity index (χ2v) is 6.43. The average molecular weight is 376 g/mol. The van der Waals surface area contributed by atoms with Crippen molar-refractivity contribution in [2.75, 3.05) is 11.9 Å². The standard InChI is InChI=1S/C20H25N3O2.ClH/c1-14(2)12-18(13-21)23-20(25)16-8-10-17(11-9-16)22-19(24)15-6-4-3-5-7-15;/h3-11,14,18H,12-13,21H2,1-2H3,(H,22,24)(H,23,25);1H. The van der Waals surface area contributed by atoms with Gasteiger partial charge in [0.25, 0.3) is 11.8 Å². The molecule has 0 aliphatic carbocycles. The molecule has 26 heavy (non-hydrogen) atoms. The van der Waals surface area contributed by atoms with Crippen LogP contribution in [0.1, 0.15) is 41.0 Å². The lowest BCUT2D eigenvalue weighted by molar-refractivity contribution is 0.0933. The third-order valence-corrected chi connectivity index (χ3v) is 3.82. The highest BCUT2D eigenvalue weighted by Crippen LogP contribution is 2.12. The van der Waals surface area contributed by atoms with Crippen molar-refractivity contribution in [2.24, 2.45) is 11.7 Å². The molecule has 0 saturated carbocycles. The monoisotopic (exact) mass is 375 g/mol. The molecule has 2 aromatic carbocycles. The number of amides is 2. The number of carbonyl (C=O) groups excluding carboxylic acids is 2. The minimum absolute atomic E-state index is 0. The van der Waals surface area contributed by atoms with Gasteiger partial charge in [0.15, 0.2) is 0 Å². The maximum Gasteiger partial charge on any atom is 0.255 e. The van der Waals surface area contributed by atoms with Crippen LogP contribution in [0.25, 0.3) is 0 Å². The fraction of sp³-hybridized carbons (Fsp3) is 0.300. The second-order valence-electron chi connectivity index (χ2n) is 6.43. The average Bonchev–Trinajstić information content (AvgIpc) is 2.62. The molecular weight excluding hydrogens is 350 g/mol. The molecule has 140 valence electrons. The number of hydrogen-bond acceptors (Lipinski definition) is 3. The second kappa shape index (κ2) is 10.6. The van der Waals surface area contributed by atoms with Crippen molar-refractivity contribution in [1.29, 1.82) is 0 Å². The Kier molecular flexibility index (Phi) is 8.82. The summed E-state index contributed by atoms with van der Waals surface area (Å²) >= 11 is 0. The maximum atomic E-state index is 12.3. The molecule has 5 nitrogen and oxygen atoms in total. The molecule has 0 aliphatic rings. The molecule has 4 N–H and O–H groups in total. The van der Waals surface area contributed by atoms with Gasteiger partial charge in [0.2, 0.25) is 0 Å². The Labute approximate surface area is 160 Å². The van der Waals surface area contributed by atoms with Crippen molar-refractivity contribution >= 4 is 29.9 Å². The van der Waals surface area contributed by atoms with E-state index in [9.17, 15) is 9.59 Å². The summed E-state index contributed by atoms with van der Waals surface area (Å²) in [5, 5.41) is 5.76. The SMILES string of the molecule is CC(C)CC(CN)NC(=O)c1ccc(NC(=O)c2ccccc2)cc1.Cl. The Morgan fingerprint density at radius 1 is 0.923 bits per heavy atom. The number of benzene rings is 2. The van der Waals surface area contributed by atoms with Crippen LogP contribution < -0.4 is 16.4 Å². The Hall–Kier alpha value is -2.37. The lowest BCUT2D eigenvalue weighted by Crippen LogP contribution is -2.41. The van der Waals surface area contributed by atoms with Crippen LogP contribution in [-0.2, 0) is 0 Å². The molecular formula is C20H26ClN3O2. The third-order valence-electron chi connectivity index (χ3n) is 3.82. The summed E-state index contributed by atoms with van der Waals surface area (Å²) < 4.78 is 0. The van der Waals surface area contributed by atoms with Gasteiger partial charge in [-0.05, 0) is 48.7 Å². The highest BCUT2D eigenvalue weighted by molar-refractivity contribution is 6.04. The first kappa shape index (κ1) is 21.7. The number of rotatable bonds is 7. The molecule has 2 rings (SSSR count). The molecule has 0 aromatic heterocycles. The van der Waals surface area contributed by atoms with Gasteiger partial charge in [-0.15, -0.1) is 12.4 Å². The van der Waals surface area contributed by atoms with E-state index in [1.165, 1.54) is 0 Å². The first-order valence-electron chi connectivity index (χ1n) is 8.47. The van der Waals surface area contributed by atoms with Crippen LogP contribution in [0.2, 0.25) is 0 Å². The van der Waals surface area contributed by atoms with Gasteiger partial charge >= 0.3 is 0 Å². The zero-order valence-corrected chi connectivity index (χ0v) is 15.9. The molecule has 1 atom stereocenters. The first-order valence-corrected chi connectivity index (χ1v) is 8.47. The molecule has 2 aromatic rings. The Balaban J connectivity index is 0.00000338. The van der Waals surface area contributed by atoms with Crippen LogP contribution in [0.3, 0.4) is 0 Å². The van der Waals surface area contributed by atoms with Crippen LogP contribution in [0.4, 0.5) is 5.69 Å². The molecule has 1 unspecified atom stereocenters. The summed E-state index contributed by atoms with van der Waals surface area (Å²) in [6.07, 6.45) is 0.841. The summed E-state index contributed by atoms with van der Waals surface area (Å²) in [7, 11) is 0. The summed E-state index contributed by atoms with van der Waals surface area (Å²) in [6, 6.07) is 15.8. The number of hydrogen-bond donors (Lipinski definition) is 3. The van der Waals surface area contributed by atoms with Crippen LogP contribution in [0.5, 0.6) is 0 Å². The van der Waals surface area contributed by atoms with Crippen molar-refractivity contribution in [2.45, 2.75) is 26.3 Å². The van der Waals surface area contributed by atoms with E-state index in [0.29, 0.717) is 29.3 Å². The fourth-order valence-corrected chi connectivity index (χ4v) is 2.55. The Bertz CT molecular complexity index is 703. The van der Waals surface area contributed by atoms with Crippen molar-refractivity contribution in [3.05, 3.63) is 65.7 Å². The molecule has 0 spiro atoms. The van der Waals surface area contributed by atoms with E-state index in [1.54, 1.807) is 36.4 Å². The number of halogens is 1. The smallest absolute Gasteiger partial charge is 0.255 e. The van der Waals surface area contributed by atoms with Gasteiger partial charge in [-0.3, -0.25) is 9.59 Å². The number of anilines is 1. The molecule has 0 fully saturated rings. The van der Waals surface area contributed by atoms with Crippen molar-refractivity contribution < 1.29 is 9.59 Å². The van der Waals surface area contributed by atoms with Crippen molar-refractivity contribution in [3.63, 3.8) is 0 Å². The topological polar surface area (TPSA) is 84.2 Å². The van der Waals surface area contributed by atoms with E-state index >= 15 is 0 Å². The molecule has 0 heterocycles. The largest absolute Gasteiger partial charge is 0.348 e. The van der Waals surface area contributed by atoms with E-state index in [0.717, 1.165) is 6.42 Å². The van der Waals surface area contributed by atoms with Gasteiger partial charge in [-0.2, -0.15) is 0 Å². The van der Waals surface area contributed by atoms with E-state index in [4.69, 9.17) is 5.73 Å². The van der Waals surface area contributed by atoms with E-state index in [-0.39, 0.29) is 30.3 Å². The number of carbonyl (C=O) groups is 2. The van der Waals surface area contributed by atoms with Gasteiger partial charge < -0.3 is 16.4 Å². The van der Waals surface area contributed by atoms with Crippen LogP contribution in [-0.4, -0.2) is 24.4 Å². The molecule has 0 saturated heterocycles. The quantitative estimate of drug-likeness (QED) is 0.692. The van der Waals surface area contributed by atoms with E-state index in [1.807, 2.05) is 18.2 Å². The number of nitrogens with two attached hydrogens (primary N) is 1. The molecule has 0 aliphatic heterocycles. The molecule has 0 bridgehead atoms. The van der Waals surface area contributed by atoms with Crippen LogP contribution in [0, 0.1) is 5.92 Å². The minimum Gasteiger partial charge on any atom is -0.348 e. The Morgan fingerprint density at radius 3 is 2.04 bits per heavy atom. The maximum absolute atomic E-state index is 12.3. The summed E-state index contributed by atoms with van der Waals surface area (Å²) in [6.45, 7) is 4.60. The summed E-state index contributed by atoms with van der Waals surface area (Å²) in [4.78, 5) is 24.4. The van der Waals surface area contributed by atoms with Crippen molar-refractivity contribution in [3.8, 4) is 0 Å². The highest BCUT2D eigenvalue weighted by atomic mass is 35.5. The first-order chi connectivity index (χ1) is 12.0. The zero-order chi connectivity index (χ0) is 18.2.